The van der Waals surface area contributed by atoms with Crippen LogP contribution in [0.1, 0.15) is 19.3 Å². The first-order valence-corrected chi connectivity index (χ1v) is 7.79. The summed E-state index contributed by atoms with van der Waals surface area (Å²) in [6.45, 7) is 2.03. The predicted molar refractivity (Wildman–Crippen MR) is 83.9 cm³/mol. The van der Waals surface area contributed by atoms with Gasteiger partial charge in [-0.3, -0.25) is 9.69 Å². The van der Waals surface area contributed by atoms with Gasteiger partial charge in [-0.2, -0.15) is 0 Å². The molecule has 1 aromatic rings. The number of nitrogens with zero attached hydrogens (tertiary/aromatic N) is 1. The van der Waals surface area contributed by atoms with E-state index in [1.807, 2.05) is 36.2 Å². The van der Waals surface area contributed by atoms with Crippen LogP contribution in [0.25, 0.3) is 0 Å². The maximum absolute atomic E-state index is 12.0. The number of likely N-dealkylation sites (N-methyl/N-ethyl adjacent to an activating group) is 1. The Balaban J connectivity index is 1.77. The van der Waals surface area contributed by atoms with Crippen molar-refractivity contribution >= 4 is 27.5 Å². The highest BCUT2D eigenvalue weighted by Gasteiger charge is 2.17. The second-order valence-electron chi connectivity index (χ2n) is 5.21. The van der Waals surface area contributed by atoms with Gasteiger partial charge in [0.1, 0.15) is 0 Å². The van der Waals surface area contributed by atoms with Gasteiger partial charge in [-0.05, 0) is 54.4 Å². The average Bonchev–Trinajstić information content (AvgIpc) is 2.42. The van der Waals surface area contributed by atoms with Crippen LogP contribution in [0.15, 0.2) is 28.7 Å². The molecule has 5 heteroatoms. The number of para-hydroxylation sites is 1. The molecule has 0 spiro atoms. The molecule has 0 aliphatic carbocycles. The second kappa shape index (κ2) is 7.76. The lowest BCUT2D eigenvalue weighted by molar-refractivity contribution is -0.117. The Morgan fingerprint density at radius 1 is 1.45 bits per heavy atom. The summed E-state index contributed by atoms with van der Waals surface area (Å²) in [5.74, 6) is -0.00444. The van der Waals surface area contributed by atoms with Gasteiger partial charge in [-0.1, -0.05) is 12.1 Å². The van der Waals surface area contributed by atoms with Crippen LogP contribution in [0, 0.1) is 0 Å². The number of halogens is 1. The average molecular weight is 341 g/mol. The van der Waals surface area contributed by atoms with Crippen molar-refractivity contribution in [1.29, 1.82) is 0 Å². The number of amides is 1. The van der Waals surface area contributed by atoms with Crippen molar-refractivity contribution in [3.63, 3.8) is 0 Å². The smallest absolute Gasteiger partial charge is 0.238 e. The summed E-state index contributed by atoms with van der Waals surface area (Å²) in [6, 6.07) is 7.62. The molecule has 20 heavy (non-hydrogen) atoms. The molecule has 1 amide bonds. The van der Waals surface area contributed by atoms with Crippen molar-refractivity contribution in [3.05, 3.63) is 28.7 Å². The van der Waals surface area contributed by atoms with Gasteiger partial charge in [0.15, 0.2) is 0 Å². The van der Waals surface area contributed by atoms with Gasteiger partial charge in [-0.15, -0.1) is 0 Å². The molecule has 1 aliphatic heterocycles. The van der Waals surface area contributed by atoms with Gasteiger partial charge in [0, 0.05) is 17.6 Å². The summed E-state index contributed by atoms with van der Waals surface area (Å²) in [4.78, 5) is 14.0. The largest absolute Gasteiger partial charge is 0.377 e. The topological polar surface area (TPSA) is 41.6 Å². The van der Waals surface area contributed by atoms with Gasteiger partial charge < -0.3 is 10.1 Å². The maximum atomic E-state index is 12.0. The molecule has 0 bridgehead atoms. The minimum Gasteiger partial charge on any atom is -0.377 e. The molecule has 0 radical (unpaired) electrons. The van der Waals surface area contributed by atoms with Crippen LogP contribution >= 0.6 is 15.9 Å². The first-order chi connectivity index (χ1) is 9.65. The molecule has 2 rings (SSSR count). The first-order valence-electron chi connectivity index (χ1n) is 6.99. The molecular weight excluding hydrogens is 320 g/mol. The van der Waals surface area contributed by atoms with Crippen LogP contribution in [-0.2, 0) is 9.53 Å². The molecule has 0 aromatic heterocycles. The molecule has 1 saturated heterocycles. The number of nitrogens with one attached hydrogen (secondary N) is 1. The summed E-state index contributed by atoms with van der Waals surface area (Å²) < 4.78 is 6.58. The van der Waals surface area contributed by atoms with E-state index in [2.05, 4.69) is 21.2 Å². The number of ether oxygens (including phenoxy) is 1. The molecule has 1 atom stereocenters. The van der Waals surface area contributed by atoms with E-state index in [9.17, 15) is 4.79 Å². The third kappa shape index (κ3) is 4.89. The van der Waals surface area contributed by atoms with Gasteiger partial charge in [0.25, 0.3) is 0 Å². The quantitative estimate of drug-likeness (QED) is 0.895. The zero-order valence-corrected chi connectivity index (χ0v) is 13.4. The van der Waals surface area contributed by atoms with Crippen LogP contribution in [0.3, 0.4) is 0 Å². The fourth-order valence-electron chi connectivity index (χ4n) is 2.36. The molecule has 1 N–H and O–H groups in total. The molecule has 1 aliphatic rings. The summed E-state index contributed by atoms with van der Waals surface area (Å²) in [5.41, 5.74) is 0.805. The second-order valence-corrected chi connectivity index (χ2v) is 6.07. The highest BCUT2D eigenvalue weighted by molar-refractivity contribution is 9.10. The highest BCUT2D eigenvalue weighted by atomic mass is 79.9. The van der Waals surface area contributed by atoms with E-state index < -0.39 is 0 Å². The van der Waals surface area contributed by atoms with Gasteiger partial charge in [0.2, 0.25) is 5.91 Å². The maximum Gasteiger partial charge on any atom is 0.238 e. The Kier molecular flexibility index (Phi) is 6.01. The van der Waals surface area contributed by atoms with E-state index >= 15 is 0 Å². The lowest BCUT2D eigenvalue weighted by Gasteiger charge is -2.27. The lowest BCUT2D eigenvalue weighted by atomic mass is 10.1. The Morgan fingerprint density at radius 2 is 2.25 bits per heavy atom. The van der Waals surface area contributed by atoms with Crippen molar-refractivity contribution in [2.75, 3.05) is 32.1 Å². The standard InChI is InChI=1S/C15H21BrN2O2/c1-18(10-12-6-4-5-9-20-12)11-15(19)17-14-8-3-2-7-13(14)16/h2-3,7-8,12H,4-6,9-11H2,1H3,(H,17,19)/t12-/m0/s1. The van der Waals surface area contributed by atoms with Gasteiger partial charge in [0.05, 0.1) is 18.3 Å². The normalized spacial score (nSPS) is 19.1. The van der Waals surface area contributed by atoms with Crippen LogP contribution in [0.2, 0.25) is 0 Å². The number of carbonyl (C=O) groups excluding carboxylic acids is 1. The van der Waals surface area contributed by atoms with Crippen molar-refractivity contribution in [2.45, 2.75) is 25.4 Å². The van der Waals surface area contributed by atoms with E-state index in [4.69, 9.17) is 4.74 Å². The van der Waals surface area contributed by atoms with E-state index in [1.54, 1.807) is 0 Å². The Morgan fingerprint density at radius 3 is 2.95 bits per heavy atom. The molecule has 1 fully saturated rings. The Bertz CT molecular complexity index is 447. The van der Waals surface area contributed by atoms with Crippen LogP contribution in [0.5, 0.6) is 0 Å². The lowest BCUT2D eigenvalue weighted by Crippen LogP contribution is -2.37. The Hall–Kier alpha value is -0.910. The third-order valence-corrected chi connectivity index (χ3v) is 4.04. The van der Waals surface area contributed by atoms with E-state index in [-0.39, 0.29) is 12.0 Å². The Labute approximate surface area is 128 Å². The monoisotopic (exact) mass is 340 g/mol. The SMILES string of the molecule is CN(CC(=O)Nc1ccccc1Br)C[C@@H]1CCCCO1. The van der Waals surface area contributed by atoms with E-state index in [0.717, 1.165) is 36.2 Å². The van der Waals surface area contributed by atoms with E-state index in [1.165, 1.54) is 6.42 Å². The van der Waals surface area contributed by atoms with Crippen LogP contribution < -0.4 is 5.32 Å². The van der Waals surface area contributed by atoms with Crippen LogP contribution in [0.4, 0.5) is 5.69 Å². The molecular formula is C15H21BrN2O2. The molecule has 1 heterocycles. The van der Waals surface area contributed by atoms with Crippen molar-refractivity contribution in [3.8, 4) is 0 Å². The third-order valence-electron chi connectivity index (χ3n) is 3.35. The molecule has 0 unspecified atom stereocenters. The molecule has 0 saturated carbocycles. The number of benzene rings is 1. The fourth-order valence-corrected chi connectivity index (χ4v) is 2.74. The van der Waals surface area contributed by atoms with Crippen molar-refractivity contribution in [2.24, 2.45) is 0 Å². The number of carbonyl (C=O) groups is 1. The van der Waals surface area contributed by atoms with Gasteiger partial charge >= 0.3 is 0 Å². The summed E-state index contributed by atoms with van der Waals surface area (Å²) in [7, 11) is 1.96. The number of rotatable bonds is 5. The van der Waals surface area contributed by atoms with Crippen molar-refractivity contribution in [1.82, 2.24) is 4.90 Å². The zero-order chi connectivity index (χ0) is 14.4. The van der Waals surface area contributed by atoms with Gasteiger partial charge in [-0.25, -0.2) is 0 Å². The predicted octanol–water partition coefficient (Wildman–Crippen LogP) is 2.89. The summed E-state index contributed by atoms with van der Waals surface area (Å²) >= 11 is 3.42. The summed E-state index contributed by atoms with van der Waals surface area (Å²) in [6.07, 6.45) is 3.74. The summed E-state index contributed by atoms with van der Waals surface area (Å²) in [5, 5.41) is 2.91. The molecule has 1 aromatic carbocycles. The minimum atomic E-state index is -0.00444. The number of hydrogen-bond acceptors (Lipinski definition) is 3. The number of anilines is 1. The van der Waals surface area contributed by atoms with E-state index in [0.29, 0.717) is 6.54 Å². The minimum absolute atomic E-state index is 0.00444. The fraction of sp³-hybridized carbons (Fsp3) is 0.533. The molecule has 4 nitrogen and oxygen atoms in total. The first kappa shape index (κ1) is 15.5. The van der Waals surface area contributed by atoms with Crippen molar-refractivity contribution < 1.29 is 9.53 Å². The number of hydrogen-bond donors (Lipinski definition) is 1. The zero-order valence-electron chi connectivity index (χ0n) is 11.8. The van der Waals surface area contributed by atoms with Crippen LogP contribution in [-0.4, -0.2) is 43.7 Å². The highest BCUT2D eigenvalue weighted by Crippen LogP contribution is 2.21. The molecule has 110 valence electrons.